The second-order valence-corrected chi connectivity index (χ2v) is 4.73. The summed E-state index contributed by atoms with van der Waals surface area (Å²) in [7, 11) is 0. The fourth-order valence-electron chi connectivity index (χ4n) is 2.17. The molecule has 0 heterocycles. The van der Waals surface area contributed by atoms with Crippen LogP contribution in [-0.2, 0) is 4.79 Å². The van der Waals surface area contributed by atoms with Crippen molar-refractivity contribution in [2.75, 3.05) is 0 Å². The molecule has 2 N–H and O–H groups in total. The molecule has 2 rings (SSSR count). The highest BCUT2D eigenvalue weighted by molar-refractivity contribution is 5.90. The van der Waals surface area contributed by atoms with Crippen LogP contribution in [0.2, 0.25) is 0 Å². The van der Waals surface area contributed by atoms with Gasteiger partial charge in [-0.15, -0.1) is 0 Å². The highest BCUT2D eigenvalue weighted by Gasteiger charge is 2.21. The van der Waals surface area contributed by atoms with Gasteiger partial charge in [0.2, 0.25) is 0 Å². The average Bonchev–Trinajstić information content (AvgIpc) is 2.43. The topological polar surface area (TPSA) is 66.8 Å². The van der Waals surface area contributed by atoms with E-state index in [0.29, 0.717) is 17.7 Å². The Balaban J connectivity index is 2.57. The van der Waals surface area contributed by atoms with Crippen LogP contribution in [0.3, 0.4) is 0 Å². The molecule has 0 spiro atoms. The molecule has 2 atom stereocenters. The number of rotatable bonds is 5. The number of carboxylic acids is 1. The van der Waals surface area contributed by atoms with Crippen LogP contribution in [0.5, 0.6) is 5.75 Å². The van der Waals surface area contributed by atoms with E-state index in [9.17, 15) is 9.90 Å². The second-order valence-electron chi connectivity index (χ2n) is 4.73. The Morgan fingerprint density at radius 2 is 1.95 bits per heavy atom. The number of aliphatic carboxylic acids is 1. The molecule has 0 amide bonds. The molecule has 4 nitrogen and oxygen atoms in total. The van der Waals surface area contributed by atoms with Crippen molar-refractivity contribution in [1.82, 2.24) is 0 Å². The number of hydrogen-bond acceptors (Lipinski definition) is 3. The van der Waals surface area contributed by atoms with Crippen LogP contribution in [0, 0.1) is 0 Å². The van der Waals surface area contributed by atoms with E-state index in [4.69, 9.17) is 9.84 Å². The van der Waals surface area contributed by atoms with E-state index in [1.54, 1.807) is 19.9 Å². The van der Waals surface area contributed by atoms with Crippen LogP contribution >= 0.6 is 0 Å². The maximum absolute atomic E-state index is 11.2. The molecule has 0 bridgehead atoms. The summed E-state index contributed by atoms with van der Waals surface area (Å²) in [6, 6.07) is 11.2. The fraction of sp³-hybridized carbons (Fsp3) is 0.312. The molecule has 0 aromatic heterocycles. The van der Waals surface area contributed by atoms with Gasteiger partial charge in [-0.3, -0.25) is 0 Å². The van der Waals surface area contributed by atoms with Crippen LogP contribution in [0.25, 0.3) is 10.8 Å². The van der Waals surface area contributed by atoms with Gasteiger partial charge < -0.3 is 14.9 Å². The molecule has 2 aromatic carbocycles. The first-order chi connectivity index (χ1) is 9.54. The van der Waals surface area contributed by atoms with Gasteiger partial charge in [0.15, 0.2) is 6.10 Å². The summed E-state index contributed by atoms with van der Waals surface area (Å²) in [5, 5.41) is 20.8. The standard InChI is InChI=1S/C16H18O4/c1-3-14(16(18)19)20-15-12(10(2)17)9-8-11-6-4-5-7-13(11)15/h4-10,14,17H,3H2,1-2H3,(H,18,19)/t10-,14?/m1/s1. The van der Waals surface area contributed by atoms with Crippen molar-refractivity contribution in [2.45, 2.75) is 32.5 Å². The predicted octanol–water partition coefficient (Wildman–Crippen LogP) is 3.14. The van der Waals surface area contributed by atoms with Crippen LogP contribution in [0.1, 0.15) is 31.9 Å². The molecule has 0 fully saturated rings. The lowest BCUT2D eigenvalue weighted by molar-refractivity contribution is -0.145. The van der Waals surface area contributed by atoms with Crippen molar-refractivity contribution in [2.24, 2.45) is 0 Å². The fourth-order valence-corrected chi connectivity index (χ4v) is 2.17. The average molecular weight is 274 g/mol. The molecule has 4 heteroatoms. The lowest BCUT2D eigenvalue weighted by Crippen LogP contribution is -2.26. The predicted molar refractivity (Wildman–Crippen MR) is 76.9 cm³/mol. The Labute approximate surface area is 117 Å². The SMILES string of the molecule is CCC(Oc1c([C@@H](C)O)ccc2ccccc12)C(=O)O. The summed E-state index contributed by atoms with van der Waals surface area (Å²) in [6.07, 6.45) is -1.28. The normalized spacial score (nSPS) is 13.9. The smallest absolute Gasteiger partial charge is 0.344 e. The summed E-state index contributed by atoms with van der Waals surface area (Å²) < 4.78 is 5.67. The number of hydrogen-bond donors (Lipinski definition) is 2. The zero-order valence-corrected chi connectivity index (χ0v) is 11.5. The van der Waals surface area contributed by atoms with Gasteiger partial charge in [0.25, 0.3) is 0 Å². The van der Waals surface area contributed by atoms with E-state index < -0.39 is 18.2 Å². The Morgan fingerprint density at radius 3 is 2.55 bits per heavy atom. The van der Waals surface area contributed by atoms with E-state index in [-0.39, 0.29) is 0 Å². The zero-order chi connectivity index (χ0) is 14.7. The van der Waals surface area contributed by atoms with E-state index in [1.165, 1.54) is 0 Å². The summed E-state index contributed by atoms with van der Waals surface area (Å²) in [5.41, 5.74) is 0.600. The summed E-state index contributed by atoms with van der Waals surface area (Å²) in [4.78, 5) is 11.2. The van der Waals surface area contributed by atoms with Gasteiger partial charge in [-0.25, -0.2) is 4.79 Å². The molecule has 0 aliphatic heterocycles. The van der Waals surface area contributed by atoms with Gasteiger partial charge in [-0.1, -0.05) is 43.3 Å². The molecule has 0 radical (unpaired) electrons. The van der Waals surface area contributed by atoms with Crippen LogP contribution in [0.15, 0.2) is 36.4 Å². The number of carboxylic acid groups (broad SMARTS) is 1. The Morgan fingerprint density at radius 1 is 1.25 bits per heavy atom. The van der Waals surface area contributed by atoms with E-state index in [2.05, 4.69) is 0 Å². The number of benzene rings is 2. The van der Waals surface area contributed by atoms with E-state index >= 15 is 0 Å². The molecule has 1 unspecified atom stereocenters. The number of ether oxygens (including phenoxy) is 1. The molecule has 0 aliphatic carbocycles. The van der Waals surface area contributed by atoms with Crippen molar-refractivity contribution in [3.05, 3.63) is 42.0 Å². The van der Waals surface area contributed by atoms with Gasteiger partial charge in [0, 0.05) is 10.9 Å². The lowest BCUT2D eigenvalue weighted by Gasteiger charge is -2.19. The maximum atomic E-state index is 11.2. The van der Waals surface area contributed by atoms with E-state index in [1.807, 2.05) is 30.3 Å². The molecule has 0 saturated carbocycles. The van der Waals surface area contributed by atoms with Gasteiger partial charge >= 0.3 is 5.97 Å². The molecular weight excluding hydrogens is 256 g/mol. The minimum Gasteiger partial charge on any atom is -0.479 e. The van der Waals surface area contributed by atoms with Crippen LogP contribution < -0.4 is 4.74 Å². The molecule has 20 heavy (non-hydrogen) atoms. The van der Waals surface area contributed by atoms with Gasteiger partial charge in [0.1, 0.15) is 5.75 Å². The second kappa shape index (κ2) is 5.92. The van der Waals surface area contributed by atoms with Gasteiger partial charge in [-0.05, 0) is 18.7 Å². The summed E-state index contributed by atoms with van der Waals surface area (Å²) >= 11 is 0. The number of carbonyl (C=O) groups is 1. The monoisotopic (exact) mass is 274 g/mol. The third-order valence-corrected chi connectivity index (χ3v) is 3.27. The van der Waals surface area contributed by atoms with E-state index in [0.717, 1.165) is 10.8 Å². The van der Waals surface area contributed by atoms with Crippen molar-refractivity contribution in [3.63, 3.8) is 0 Å². The van der Waals surface area contributed by atoms with Crippen molar-refractivity contribution >= 4 is 16.7 Å². The summed E-state index contributed by atoms with van der Waals surface area (Å²) in [6.45, 7) is 3.39. The summed E-state index contributed by atoms with van der Waals surface area (Å²) in [5.74, 6) is -0.552. The molecule has 0 saturated heterocycles. The Hall–Kier alpha value is -2.07. The van der Waals surface area contributed by atoms with Crippen LogP contribution in [0.4, 0.5) is 0 Å². The highest BCUT2D eigenvalue weighted by Crippen LogP contribution is 2.34. The Bertz CT molecular complexity index is 619. The highest BCUT2D eigenvalue weighted by atomic mass is 16.5. The number of fused-ring (bicyclic) bond motifs is 1. The van der Waals surface area contributed by atoms with Gasteiger partial charge in [-0.2, -0.15) is 0 Å². The minimum atomic E-state index is -1.00. The first-order valence-electron chi connectivity index (χ1n) is 6.63. The quantitative estimate of drug-likeness (QED) is 0.879. The third-order valence-electron chi connectivity index (χ3n) is 3.27. The molecule has 0 aliphatic rings. The third kappa shape index (κ3) is 2.75. The zero-order valence-electron chi connectivity index (χ0n) is 11.5. The molecular formula is C16H18O4. The number of aliphatic hydroxyl groups excluding tert-OH is 1. The lowest BCUT2D eigenvalue weighted by atomic mass is 10.0. The first kappa shape index (κ1) is 14.3. The van der Waals surface area contributed by atoms with Crippen molar-refractivity contribution in [1.29, 1.82) is 0 Å². The van der Waals surface area contributed by atoms with Crippen LogP contribution in [-0.4, -0.2) is 22.3 Å². The van der Waals surface area contributed by atoms with Gasteiger partial charge in [0.05, 0.1) is 6.10 Å². The minimum absolute atomic E-state index is 0.359. The molecule has 2 aromatic rings. The maximum Gasteiger partial charge on any atom is 0.344 e. The molecule has 106 valence electrons. The van der Waals surface area contributed by atoms with Crippen molar-refractivity contribution in [3.8, 4) is 5.75 Å². The Kier molecular flexibility index (Phi) is 4.25. The number of aliphatic hydroxyl groups is 1. The largest absolute Gasteiger partial charge is 0.479 e. The first-order valence-corrected chi connectivity index (χ1v) is 6.63. The van der Waals surface area contributed by atoms with Crippen molar-refractivity contribution < 1.29 is 19.7 Å².